The summed E-state index contributed by atoms with van der Waals surface area (Å²) in [4.78, 5) is 12.2. The van der Waals surface area contributed by atoms with Crippen molar-refractivity contribution in [3.63, 3.8) is 0 Å². The van der Waals surface area contributed by atoms with E-state index in [1.165, 1.54) is 0 Å². The van der Waals surface area contributed by atoms with Crippen molar-refractivity contribution >= 4 is 23.1 Å². The van der Waals surface area contributed by atoms with Crippen LogP contribution in [0.25, 0.3) is 0 Å². The van der Waals surface area contributed by atoms with Crippen LogP contribution in [-0.4, -0.2) is 21.5 Å². The number of thiazole rings is 1. The molecule has 0 atom stereocenters. The minimum absolute atomic E-state index is 0.402. The van der Waals surface area contributed by atoms with Crippen molar-refractivity contribution < 1.29 is 0 Å². The third-order valence-corrected chi connectivity index (χ3v) is 2.75. The van der Waals surface area contributed by atoms with Crippen molar-refractivity contribution in [3.8, 4) is 0 Å². The van der Waals surface area contributed by atoms with Gasteiger partial charge in [-0.1, -0.05) is 0 Å². The van der Waals surface area contributed by atoms with Gasteiger partial charge >= 0.3 is 0 Å². The summed E-state index contributed by atoms with van der Waals surface area (Å²) in [7, 11) is 0. The number of nitrogens with zero attached hydrogens (tertiary/aromatic N) is 3. The lowest BCUT2D eigenvalue weighted by Gasteiger charge is -2.05. The summed E-state index contributed by atoms with van der Waals surface area (Å²) in [6.07, 6.45) is 4.34. The Hall–Kier alpha value is -1.73. The molecule has 0 amide bonds. The highest BCUT2D eigenvalue weighted by molar-refractivity contribution is 7.09. The van der Waals surface area contributed by atoms with Crippen molar-refractivity contribution in [1.29, 1.82) is 0 Å². The Labute approximate surface area is 96.9 Å². The number of nitrogens with one attached hydrogen (secondary N) is 2. The Kier molecular flexibility index (Phi) is 3.62. The monoisotopic (exact) mass is 236 g/mol. The normalized spacial score (nSPS) is 10.1. The van der Waals surface area contributed by atoms with Crippen LogP contribution in [0.2, 0.25) is 0 Å². The van der Waals surface area contributed by atoms with Gasteiger partial charge in [0, 0.05) is 30.7 Å². The van der Waals surface area contributed by atoms with Crippen molar-refractivity contribution in [2.45, 2.75) is 6.42 Å². The standard InChI is InChI=1S/C9H12N6S/c10-15-9-13-3-1-7(14-9)11-4-2-8-12-5-6-16-8/h1,3,5-6H,2,4,10H2,(H2,11,13,14,15). The molecule has 0 unspecified atom stereocenters. The van der Waals surface area contributed by atoms with Gasteiger partial charge < -0.3 is 5.32 Å². The summed E-state index contributed by atoms with van der Waals surface area (Å²) >= 11 is 1.65. The SMILES string of the molecule is NNc1nccc(NCCc2nccs2)n1. The molecule has 0 bridgehead atoms. The molecule has 6 nitrogen and oxygen atoms in total. The maximum Gasteiger partial charge on any atom is 0.239 e. The average molecular weight is 236 g/mol. The van der Waals surface area contributed by atoms with Gasteiger partial charge in [0.05, 0.1) is 5.01 Å². The first-order valence-corrected chi connectivity index (χ1v) is 5.68. The molecule has 2 heterocycles. The number of hydrogen-bond acceptors (Lipinski definition) is 7. The van der Waals surface area contributed by atoms with Crippen LogP contribution in [0, 0.1) is 0 Å². The van der Waals surface area contributed by atoms with Crippen LogP contribution in [-0.2, 0) is 6.42 Å². The third-order valence-electron chi connectivity index (χ3n) is 1.91. The summed E-state index contributed by atoms with van der Waals surface area (Å²) in [5.74, 6) is 6.37. The molecule has 4 N–H and O–H groups in total. The molecule has 0 aliphatic heterocycles. The fourth-order valence-corrected chi connectivity index (χ4v) is 1.82. The van der Waals surface area contributed by atoms with Crippen molar-refractivity contribution in [2.75, 3.05) is 17.3 Å². The van der Waals surface area contributed by atoms with Gasteiger partial charge in [0.2, 0.25) is 5.95 Å². The fraction of sp³-hybridized carbons (Fsp3) is 0.222. The molecule has 0 saturated carbocycles. The summed E-state index contributed by atoms with van der Waals surface area (Å²) in [5.41, 5.74) is 2.40. The summed E-state index contributed by atoms with van der Waals surface area (Å²) in [5, 5.41) is 6.26. The lowest BCUT2D eigenvalue weighted by atomic mass is 10.4. The molecular formula is C9H12N6S. The van der Waals surface area contributed by atoms with Gasteiger partial charge in [-0.3, -0.25) is 5.43 Å². The molecule has 16 heavy (non-hydrogen) atoms. The molecule has 0 aliphatic rings. The fourth-order valence-electron chi connectivity index (χ4n) is 1.20. The van der Waals surface area contributed by atoms with Crippen LogP contribution in [0.15, 0.2) is 23.8 Å². The molecule has 0 aromatic carbocycles. The lowest BCUT2D eigenvalue weighted by Crippen LogP contribution is -2.12. The highest BCUT2D eigenvalue weighted by atomic mass is 32.1. The predicted octanol–water partition coefficient (Wildman–Crippen LogP) is 0.873. The first kappa shape index (κ1) is 10.8. The number of hydrogen-bond donors (Lipinski definition) is 3. The number of rotatable bonds is 5. The van der Waals surface area contributed by atoms with Crippen molar-refractivity contribution in [3.05, 3.63) is 28.8 Å². The maximum atomic E-state index is 5.21. The predicted molar refractivity (Wildman–Crippen MR) is 64.1 cm³/mol. The molecule has 2 aromatic rings. The zero-order chi connectivity index (χ0) is 11.2. The quantitative estimate of drug-likeness (QED) is 0.527. The van der Waals surface area contributed by atoms with Crippen molar-refractivity contribution in [1.82, 2.24) is 15.0 Å². The lowest BCUT2D eigenvalue weighted by molar-refractivity contribution is 0.981. The van der Waals surface area contributed by atoms with Gasteiger partial charge in [0.1, 0.15) is 5.82 Å². The molecule has 0 saturated heterocycles. The molecule has 0 radical (unpaired) electrons. The number of nitrogens with two attached hydrogens (primary N) is 1. The van der Waals surface area contributed by atoms with E-state index in [4.69, 9.17) is 5.84 Å². The number of aromatic nitrogens is 3. The second-order valence-electron chi connectivity index (χ2n) is 3.01. The second kappa shape index (κ2) is 5.38. The zero-order valence-corrected chi connectivity index (χ0v) is 9.37. The molecule has 84 valence electrons. The van der Waals surface area contributed by atoms with Gasteiger partial charge in [-0.25, -0.2) is 15.8 Å². The Balaban J connectivity index is 1.85. The number of hydrazine groups is 1. The van der Waals surface area contributed by atoms with E-state index in [9.17, 15) is 0 Å². The Morgan fingerprint density at radius 2 is 2.25 bits per heavy atom. The van der Waals surface area contributed by atoms with Crippen LogP contribution in [0.5, 0.6) is 0 Å². The van der Waals surface area contributed by atoms with E-state index in [2.05, 4.69) is 25.7 Å². The topological polar surface area (TPSA) is 88.8 Å². The van der Waals surface area contributed by atoms with E-state index in [-0.39, 0.29) is 0 Å². The van der Waals surface area contributed by atoms with Crippen LogP contribution < -0.4 is 16.6 Å². The smallest absolute Gasteiger partial charge is 0.239 e. The summed E-state index contributed by atoms with van der Waals surface area (Å²) < 4.78 is 0. The average Bonchev–Trinajstić information content (AvgIpc) is 2.82. The van der Waals surface area contributed by atoms with Gasteiger partial charge in [0.15, 0.2) is 0 Å². The van der Waals surface area contributed by atoms with Crippen LogP contribution in [0.1, 0.15) is 5.01 Å². The number of anilines is 2. The molecular weight excluding hydrogens is 224 g/mol. The van der Waals surface area contributed by atoms with Crippen molar-refractivity contribution in [2.24, 2.45) is 5.84 Å². The van der Waals surface area contributed by atoms with E-state index in [0.29, 0.717) is 5.95 Å². The second-order valence-corrected chi connectivity index (χ2v) is 3.99. The number of nitrogen functional groups attached to an aromatic ring is 1. The van der Waals surface area contributed by atoms with Gasteiger partial charge in [-0.05, 0) is 6.07 Å². The molecule has 2 rings (SSSR count). The Morgan fingerprint density at radius 3 is 3.00 bits per heavy atom. The van der Waals surface area contributed by atoms with Gasteiger partial charge in [-0.15, -0.1) is 11.3 Å². The third kappa shape index (κ3) is 2.88. The van der Waals surface area contributed by atoms with E-state index < -0.39 is 0 Å². The van der Waals surface area contributed by atoms with Crippen LogP contribution in [0.4, 0.5) is 11.8 Å². The van der Waals surface area contributed by atoms with E-state index in [0.717, 1.165) is 23.8 Å². The highest BCUT2D eigenvalue weighted by Gasteiger charge is 1.98. The summed E-state index contributed by atoms with van der Waals surface area (Å²) in [6, 6.07) is 1.79. The summed E-state index contributed by atoms with van der Waals surface area (Å²) in [6.45, 7) is 0.786. The van der Waals surface area contributed by atoms with Crippen LogP contribution in [0.3, 0.4) is 0 Å². The molecule has 0 spiro atoms. The molecule has 0 fully saturated rings. The Morgan fingerprint density at radius 1 is 1.31 bits per heavy atom. The zero-order valence-electron chi connectivity index (χ0n) is 8.55. The first-order chi connectivity index (χ1) is 7.88. The largest absolute Gasteiger partial charge is 0.369 e. The van der Waals surface area contributed by atoms with Gasteiger partial charge in [0.25, 0.3) is 0 Å². The van der Waals surface area contributed by atoms with Crippen LogP contribution >= 0.6 is 11.3 Å². The maximum absolute atomic E-state index is 5.21. The molecule has 7 heteroatoms. The first-order valence-electron chi connectivity index (χ1n) is 4.80. The highest BCUT2D eigenvalue weighted by Crippen LogP contribution is 2.07. The molecule has 2 aromatic heterocycles. The minimum Gasteiger partial charge on any atom is -0.369 e. The van der Waals surface area contributed by atoms with E-state index in [1.807, 2.05) is 5.38 Å². The Bertz CT molecular complexity index is 429. The van der Waals surface area contributed by atoms with E-state index in [1.54, 1.807) is 29.8 Å². The van der Waals surface area contributed by atoms with E-state index >= 15 is 0 Å². The van der Waals surface area contributed by atoms with Gasteiger partial charge in [-0.2, -0.15) is 4.98 Å². The minimum atomic E-state index is 0.402. The molecule has 0 aliphatic carbocycles.